The summed E-state index contributed by atoms with van der Waals surface area (Å²) in [4.78, 5) is 3.98. The molecule has 0 radical (unpaired) electrons. The van der Waals surface area contributed by atoms with Gasteiger partial charge in [-0.3, -0.25) is 0 Å². The van der Waals surface area contributed by atoms with Crippen molar-refractivity contribution in [2.75, 3.05) is 13.6 Å². The van der Waals surface area contributed by atoms with Crippen LogP contribution in [0.25, 0.3) is 0 Å². The van der Waals surface area contributed by atoms with Gasteiger partial charge in [-0.2, -0.15) is 0 Å². The quantitative estimate of drug-likeness (QED) is 0.860. The van der Waals surface area contributed by atoms with Crippen LogP contribution in [-0.4, -0.2) is 37.3 Å². The fourth-order valence-electron chi connectivity index (χ4n) is 1.40. The van der Waals surface area contributed by atoms with Gasteiger partial charge in [0.15, 0.2) is 4.21 Å². The first-order chi connectivity index (χ1) is 8.25. The second kappa shape index (κ2) is 6.10. The standard InChI is InChI=1S/C11H21N3O2S2/c1-8(2)10(12)5-6-14(4)18(15,16)11-7-13-9(3)17-11/h7-8,10H,5-6,12H2,1-4H3. The number of aromatic nitrogens is 1. The molecule has 0 saturated carbocycles. The topological polar surface area (TPSA) is 76.3 Å². The molecular formula is C11H21N3O2S2. The molecule has 0 amide bonds. The Labute approximate surface area is 113 Å². The maximum absolute atomic E-state index is 12.2. The van der Waals surface area contributed by atoms with Crippen molar-refractivity contribution in [3.63, 3.8) is 0 Å². The first-order valence-corrected chi connectivity index (χ1v) is 8.15. The minimum Gasteiger partial charge on any atom is -0.327 e. The average Bonchev–Trinajstić information content (AvgIpc) is 2.72. The highest BCUT2D eigenvalue weighted by atomic mass is 32.2. The van der Waals surface area contributed by atoms with Crippen LogP contribution in [0.15, 0.2) is 10.4 Å². The maximum atomic E-state index is 12.2. The van der Waals surface area contributed by atoms with E-state index in [4.69, 9.17) is 5.73 Å². The minimum atomic E-state index is -3.41. The molecule has 0 fully saturated rings. The van der Waals surface area contributed by atoms with Crippen molar-refractivity contribution in [2.45, 2.75) is 37.4 Å². The highest BCUT2D eigenvalue weighted by Gasteiger charge is 2.23. The van der Waals surface area contributed by atoms with Crippen LogP contribution in [-0.2, 0) is 10.0 Å². The van der Waals surface area contributed by atoms with Gasteiger partial charge >= 0.3 is 0 Å². The minimum absolute atomic E-state index is 0.0193. The lowest BCUT2D eigenvalue weighted by Crippen LogP contribution is -2.34. The third kappa shape index (κ3) is 3.74. The highest BCUT2D eigenvalue weighted by Crippen LogP contribution is 2.21. The van der Waals surface area contributed by atoms with Gasteiger partial charge in [0, 0.05) is 19.6 Å². The number of nitrogens with zero attached hydrogens (tertiary/aromatic N) is 2. The molecule has 1 unspecified atom stereocenters. The van der Waals surface area contributed by atoms with Crippen molar-refractivity contribution in [2.24, 2.45) is 11.7 Å². The van der Waals surface area contributed by atoms with Gasteiger partial charge in [-0.1, -0.05) is 13.8 Å². The van der Waals surface area contributed by atoms with Crippen LogP contribution in [0.4, 0.5) is 0 Å². The van der Waals surface area contributed by atoms with E-state index in [2.05, 4.69) is 4.98 Å². The van der Waals surface area contributed by atoms with Crippen LogP contribution in [0.5, 0.6) is 0 Å². The van der Waals surface area contributed by atoms with Crippen molar-refractivity contribution >= 4 is 21.4 Å². The van der Waals surface area contributed by atoms with Gasteiger partial charge < -0.3 is 5.73 Å². The molecule has 2 N–H and O–H groups in total. The largest absolute Gasteiger partial charge is 0.327 e. The zero-order valence-corrected chi connectivity index (χ0v) is 12.9. The lowest BCUT2D eigenvalue weighted by atomic mass is 10.0. The number of hydrogen-bond acceptors (Lipinski definition) is 5. The molecule has 1 aromatic heterocycles. The lowest BCUT2D eigenvalue weighted by molar-refractivity contribution is 0.398. The summed E-state index contributed by atoms with van der Waals surface area (Å²) in [5, 5.41) is 0.751. The van der Waals surface area contributed by atoms with Crippen molar-refractivity contribution in [1.82, 2.24) is 9.29 Å². The number of thiazole rings is 1. The Morgan fingerprint density at radius 3 is 2.56 bits per heavy atom. The molecule has 5 nitrogen and oxygen atoms in total. The Morgan fingerprint density at radius 2 is 2.11 bits per heavy atom. The molecule has 0 aliphatic carbocycles. The molecule has 1 heterocycles. The van der Waals surface area contributed by atoms with Crippen LogP contribution in [0.1, 0.15) is 25.3 Å². The van der Waals surface area contributed by atoms with Crippen molar-refractivity contribution in [3.05, 3.63) is 11.2 Å². The second-order valence-electron chi connectivity index (χ2n) is 4.72. The zero-order valence-electron chi connectivity index (χ0n) is 11.3. The number of rotatable bonds is 6. The molecule has 0 saturated heterocycles. The summed E-state index contributed by atoms with van der Waals surface area (Å²) < 4.78 is 26.0. The van der Waals surface area contributed by atoms with Crippen LogP contribution in [0.2, 0.25) is 0 Å². The van der Waals surface area contributed by atoms with E-state index >= 15 is 0 Å². The zero-order chi connectivity index (χ0) is 13.9. The molecule has 0 aromatic carbocycles. The van der Waals surface area contributed by atoms with Crippen LogP contribution < -0.4 is 5.73 Å². The maximum Gasteiger partial charge on any atom is 0.253 e. The molecule has 0 aliphatic heterocycles. The van der Waals surface area contributed by atoms with E-state index in [1.165, 1.54) is 21.8 Å². The van der Waals surface area contributed by atoms with E-state index in [0.29, 0.717) is 23.1 Å². The molecular weight excluding hydrogens is 270 g/mol. The van der Waals surface area contributed by atoms with E-state index < -0.39 is 10.0 Å². The van der Waals surface area contributed by atoms with Gasteiger partial charge in [-0.15, -0.1) is 11.3 Å². The average molecular weight is 291 g/mol. The molecule has 1 atom stereocenters. The van der Waals surface area contributed by atoms with E-state index in [-0.39, 0.29) is 6.04 Å². The van der Waals surface area contributed by atoms with Crippen molar-refractivity contribution in [1.29, 1.82) is 0 Å². The summed E-state index contributed by atoms with van der Waals surface area (Å²) in [6.07, 6.45) is 2.07. The Kier molecular flexibility index (Phi) is 5.27. The van der Waals surface area contributed by atoms with Gasteiger partial charge in [0.1, 0.15) is 0 Å². The van der Waals surface area contributed by atoms with E-state index in [0.717, 1.165) is 5.01 Å². The first-order valence-electron chi connectivity index (χ1n) is 5.89. The normalized spacial score (nSPS) is 14.4. The fraction of sp³-hybridized carbons (Fsp3) is 0.727. The molecule has 1 rings (SSSR count). The fourth-order valence-corrected chi connectivity index (χ4v) is 3.90. The van der Waals surface area contributed by atoms with Gasteiger partial charge in [0.05, 0.1) is 11.2 Å². The molecule has 104 valence electrons. The van der Waals surface area contributed by atoms with E-state index in [9.17, 15) is 8.42 Å². The van der Waals surface area contributed by atoms with E-state index in [1.807, 2.05) is 13.8 Å². The Balaban J connectivity index is 2.69. The van der Waals surface area contributed by atoms with Gasteiger partial charge in [0.2, 0.25) is 0 Å². The summed E-state index contributed by atoms with van der Waals surface area (Å²) in [5.41, 5.74) is 5.92. The smallest absolute Gasteiger partial charge is 0.253 e. The van der Waals surface area contributed by atoms with E-state index in [1.54, 1.807) is 14.0 Å². The summed E-state index contributed by atoms with van der Waals surface area (Å²) in [6.45, 7) is 6.29. The number of hydrogen-bond donors (Lipinski definition) is 1. The van der Waals surface area contributed by atoms with Crippen molar-refractivity contribution in [3.8, 4) is 0 Å². The number of sulfonamides is 1. The molecule has 0 spiro atoms. The van der Waals surface area contributed by atoms with Gasteiger partial charge in [0.25, 0.3) is 10.0 Å². The second-order valence-corrected chi connectivity index (χ2v) is 8.23. The molecule has 0 bridgehead atoms. The van der Waals surface area contributed by atoms with Crippen molar-refractivity contribution < 1.29 is 8.42 Å². The Bertz CT molecular complexity index is 482. The predicted molar refractivity (Wildman–Crippen MR) is 74.1 cm³/mol. The SMILES string of the molecule is Cc1ncc(S(=O)(=O)N(C)CCC(N)C(C)C)s1. The molecule has 0 aliphatic rings. The summed E-state index contributed by atoms with van der Waals surface area (Å²) in [5.74, 6) is 0.353. The van der Waals surface area contributed by atoms with Gasteiger partial charge in [-0.25, -0.2) is 17.7 Å². The predicted octanol–water partition coefficient (Wildman–Crippen LogP) is 1.45. The Hall–Kier alpha value is -0.500. The molecule has 7 heteroatoms. The number of aryl methyl sites for hydroxylation is 1. The molecule has 18 heavy (non-hydrogen) atoms. The third-order valence-electron chi connectivity index (χ3n) is 2.90. The lowest BCUT2D eigenvalue weighted by Gasteiger charge is -2.20. The number of nitrogens with two attached hydrogens (primary N) is 1. The molecule has 1 aromatic rings. The van der Waals surface area contributed by atoms with Crippen LogP contribution >= 0.6 is 11.3 Å². The third-order valence-corrected chi connectivity index (χ3v) is 6.10. The first kappa shape index (κ1) is 15.6. The summed E-state index contributed by atoms with van der Waals surface area (Å²) in [7, 11) is -1.82. The summed E-state index contributed by atoms with van der Waals surface area (Å²) in [6, 6.07) is 0.0193. The van der Waals surface area contributed by atoms with Crippen LogP contribution in [0, 0.1) is 12.8 Å². The van der Waals surface area contributed by atoms with Crippen LogP contribution in [0.3, 0.4) is 0 Å². The Morgan fingerprint density at radius 1 is 1.50 bits per heavy atom. The summed E-state index contributed by atoms with van der Waals surface area (Å²) >= 11 is 1.19. The highest BCUT2D eigenvalue weighted by molar-refractivity contribution is 7.91. The monoisotopic (exact) mass is 291 g/mol. The van der Waals surface area contributed by atoms with Gasteiger partial charge in [-0.05, 0) is 19.3 Å².